The van der Waals surface area contributed by atoms with Crippen molar-refractivity contribution in [3.8, 4) is 0 Å². The molecule has 2 aromatic rings. The van der Waals surface area contributed by atoms with E-state index in [0.29, 0.717) is 24.6 Å². The third-order valence-corrected chi connectivity index (χ3v) is 8.05. The van der Waals surface area contributed by atoms with E-state index in [-0.39, 0.29) is 22.9 Å². The topological polar surface area (TPSA) is 69.7 Å². The molecule has 0 unspecified atom stereocenters. The fourth-order valence-electron chi connectivity index (χ4n) is 4.24. The van der Waals surface area contributed by atoms with Crippen LogP contribution in [0.2, 0.25) is 0 Å². The van der Waals surface area contributed by atoms with Gasteiger partial charge in [0.15, 0.2) is 0 Å². The van der Waals surface area contributed by atoms with Gasteiger partial charge in [-0.15, -0.1) is 0 Å². The first-order valence-electron chi connectivity index (χ1n) is 11.5. The Labute approximate surface area is 192 Å². The van der Waals surface area contributed by atoms with Gasteiger partial charge in [0, 0.05) is 43.3 Å². The lowest BCUT2D eigenvalue weighted by atomic mass is 10.1. The number of likely N-dealkylation sites (tertiary alicyclic amines) is 1. The van der Waals surface area contributed by atoms with Gasteiger partial charge in [-0.25, -0.2) is 13.1 Å². The van der Waals surface area contributed by atoms with E-state index in [4.69, 9.17) is 0 Å². The summed E-state index contributed by atoms with van der Waals surface area (Å²) < 4.78 is 27.6. The molecule has 0 aromatic heterocycles. The molecule has 6 nitrogen and oxygen atoms in total. The van der Waals surface area contributed by atoms with E-state index in [9.17, 15) is 13.2 Å². The van der Waals surface area contributed by atoms with Crippen LogP contribution in [0.4, 0.5) is 0 Å². The number of carbonyl (C=O) groups is 1. The maximum absolute atomic E-state index is 13.2. The molecule has 0 bridgehead atoms. The highest BCUT2D eigenvalue weighted by Crippen LogP contribution is 2.27. The summed E-state index contributed by atoms with van der Waals surface area (Å²) in [5.41, 5.74) is 1.80. The number of likely N-dealkylation sites (N-methyl/N-ethyl adjacent to an activating group) is 1. The molecule has 1 aliphatic heterocycles. The Kier molecular flexibility index (Phi) is 8.09. The second-order valence-electron chi connectivity index (χ2n) is 8.57. The highest BCUT2D eigenvalue weighted by Gasteiger charge is 2.32. The number of nitrogens with zero attached hydrogens (tertiary/aromatic N) is 2. The zero-order valence-electron chi connectivity index (χ0n) is 19.5. The standard InChI is InChI=1S/C25H35N3O3S/c1-5-19(3)26-32(30,31)24-14-12-22(13-15-24)25(29)28(6-2)23-16-17-27(18-23)20(4)21-10-8-7-9-11-21/h7-15,19-20,23,26H,5-6,16-18H2,1-4H3/t19-,20+,23-/m0/s1. The number of hydrogen-bond donors (Lipinski definition) is 1. The number of carbonyl (C=O) groups excluding carboxylic acids is 1. The van der Waals surface area contributed by atoms with Crippen molar-refractivity contribution in [1.29, 1.82) is 0 Å². The average Bonchev–Trinajstić information content (AvgIpc) is 3.29. The van der Waals surface area contributed by atoms with Crippen LogP contribution in [0.3, 0.4) is 0 Å². The molecule has 1 heterocycles. The first kappa shape index (κ1) is 24.4. The molecule has 0 saturated carbocycles. The van der Waals surface area contributed by atoms with Crippen LogP contribution in [0.25, 0.3) is 0 Å². The molecule has 0 radical (unpaired) electrons. The van der Waals surface area contributed by atoms with E-state index >= 15 is 0 Å². The summed E-state index contributed by atoms with van der Waals surface area (Å²) in [6, 6.07) is 17.0. The first-order chi connectivity index (χ1) is 15.3. The van der Waals surface area contributed by atoms with Crippen LogP contribution in [0.15, 0.2) is 59.5 Å². The number of amides is 1. The quantitative estimate of drug-likeness (QED) is 0.616. The Hall–Kier alpha value is -2.22. The Morgan fingerprint density at radius 1 is 1.09 bits per heavy atom. The van der Waals surface area contributed by atoms with Gasteiger partial charge < -0.3 is 4.90 Å². The predicted molar refractivity (Wildman–Crippen MR) is 128 cm³/mol. The molecular formula is C25H35N3O3S. The summed E-state index contributed by atoms with van der Waals surface area (Å²) in [6.07, 6.45) is 1.64. The van der Waals surface area contributed by atoms with Crippen molar-refractivity contribution in [3.63, 3.8) is 0 Å². The van der Waals surface area contributed by atoms with Crippen molar-refractivity contribution in [2.45, 2.75) is 63.6 Å². The largest absolute Gasteiger partial charge is 0.335 e. The monoisotopic (exact) mass is 457 g/mol. The zero-order chi connectivity index (χ0) is 23.3. The van der Waals surface area contributed by atoms with Gasteiger partial charge in [-0.1, -0.05) is 37.3 Å². The van der Waals surface area contributed by atoms with E-state index in [1.165, 1.54) is 17.7 Å². The average molecular weight is 458 g/mol. The van der Waals surface area contributed by atoms with E-state index in [1.807, 2.05) is 31.7 Å². The van der Waals surface area contributed by atoms with Crippen LogP contribution >= 0.6 is 0 Å². The van der Waals surface area contributed by atoms with E-state index < -0.39 is 10.0 Å². The molecule has 0 aliphatic carbocycles. The van der Waals surface area contributed by atoms with E-state index in [2.05, 4.69) is 40.8 Å². The van der Waals surface area contributed by atoms with Gasteiger partial charge in [-0.3, -0.25) is 9.69 Å². The smallest absolute Gasteiger partial charge is 0.254 e. The molecule has 2 aromatic carbocycles. The Bertz CT molecular complexity index is 993. The van der Waals surface area contributed by atoms with Gasteiger partial charge in [-0.05, 0) is 63.4 Å². The first-order valence-corrected chi connectivity index (χ1v) is 13.0. The number of rotatable bonds is 9. The van der Waals surface area contributed by atoms with Gasteiger partial charge in [-0.2, -0.15) is 0 Å². The lowest BCUT2D eigenvalue weighted by molar-refractivity contribution is 0.0689. The maximum atomic E-state index is 13.2. The zero-order valence-corrected chi connectivity index (χ0v) is 20.3. The summed E-state index contributed by atoms with van der Waals surface area (Å²) in [5, 5.41) is 0. The second-order valence-corrected chi connectivity index (χ2v) is 10.3. The number of hydrogen-bond acceptors (Lipinski definition) is 4. The highest BCUT2D eigenvalue weighted by molar-refractivity contribution is 7.89. The van der Waals surface area contributed by atoms with E-state index in [1.54, 1.807) is 12.1 Å². The summed E-state index contributed by atoms with van der Waals surface area (Å²) in [4.78, 5) is 17.8. The molecule has 1 fully saturated rings. The SMILES string of the molecule is CC[C@H](C)NS(=O)(=O)c1ccc(C(=O)N(CC)[C@H]2CCN([C@H](C)c3ccccc3)C2)cc1. The molecule has 7 heteroatoms. The van der Waals surface area contributed by atoms with Crippen LogP contribution in [0.1, 0.15) is 62.5 Å². The van der Waals surface area contributed by atoms with Crippen molar-refractivity contribution < 1.29 is 13.2 Å². The Balaban J connectivity index is 1.68. The fraction of sp³-hybridized carbons (Fsp3) is 0.480. The normalized spacial score (nSPS) is 18.9. The van der Waals surface area contributed by atoms with Crippen molar-refractivity contribution in [3.05, 3.63) is 65.7 Å². The third-order valence-electron chi connectivity index (χ3n) is 6.45. The molecule has 174 valence electrons. The van der Waals surface area contributed by atoms with Gasteiger partial charge in [0.1, 0.15) is 0 Å². The predicted octanol–water partition coefficient (Wildman–Crippen LogP) is 4.06. The fourth-order valence-corrected chi connectivity index (χ4v) is 5.57. The van der Waals surface area contributed by atoms with Crippen LogP contribution in [-0.4, -0.2) is 55.8 Å². The van der Waals surface area contributed by atoms with Crippen molar-refractivity contribution in [2.24, 2.45) is 0 Å². The number of benzene rings is 2. The molecule has 1 aliphatic rings. The molecule has 1 saturated heterocycles. The summed E-state index contributed by atoms with van der Waals surface area (Å²) >= 11 is 0. The molecule has 0 spiro atoms. The Morgan fingerprint density at radius 2 is 1.75 bits per heavy atom. The lowest BCUT2D eigenvalue weighted by Gasteiger charge is -2.30. The molecule has 1 N–H and O–H groups in total. The second kappa shape index (κ2) is 10.6. The maximum Gasteiger partial charge on any atom is 0.254 e. The van der Waals surface area contributed by atoms with Crippen LogP contribution in [0, 0.1) is 0 Å². The van der Waals surface area contributed by atoms with Crippen molar-refractivity contribution in [2.75, 3.05) is 19.6 Å². The Morgan fingerprint density at radius 3 is 2.34 bits per heavy atom. The minimum atomic E-state index is -3.58. The minimum absolute atomic E-state index is 0.0504. The van der Waals surface area contributed by atoms with Gasteiger partial charge >= 0.3 is 0 Å². The summed E-state index contributed by atoms with van der Waals surface area (Å²) in [6.45, 7) is 10.4. The summed E-state index contributed by atoms with van der Waals surface area (Å²) in [5.74, 6) is -0.0504. The van der Waals surface area contributed by atoms with Gasteiger partial charge in [0.25, 0.3) is 5.91 Å². The number of sulfonamides is 1. The molecule has 1 amide bonds. The number of nitrogens with one attached hydrogen (secondary N) is 1. The van der Waals surface area contributed by atoms with Gasteiger partial charge in [0.05, 0.1) is 4.90 Å². The molecule has 3 atom stereocenters. The summed E-state index contributed by atoms with van der Waals surface area (Å²) in [7, 11) is -3.58. The molecular weight excluding hydrogens is 422 g/mol. The van der Waals surface area contributed by atoms with Crippen LogP contribution in [0.5, 0.6) is 0 Å². The molecule has 3 rings (SSSR count). The molecule has 32 heavy (non-hydrogen) atoms. The van der Waals surface area contributed by atoms with Gasteiger partial charge in [0.2, 0.25) is 10.0 Å². The highest BCUT2D eigenvalue weighted by atomic mass is 32.2. The van der Waals surface area contributed by atoms with Crippen LogP contribution in [-0.2, 0) is 10.0 Å². The van der Waals surface area contributed by atoms with Crippen molar-refractivity contribution >= 4 is 15.9 Å². The minimum Gasteiger partial charge on any atom is -0.335 e. The van der Waals surface area contributed by atoms with Crippen molar-refractivity contribution in [1.82, 2.24) is 14.5 Å². The van der Waals surface area contributed by atoms with Crippen LogP contribution < -0.4 is 4.72 Å². The lowest BCUT2D eigenvalue weighted by Crippen LogP contribution is -2.42. The third kappa shape index (κ3) is 5.57. The van der Waals surface area contributed by atoms with E-state index in [0.717, 1.165) is 19.5 Å².